The molecule has 0 unspecified atom stereocenters. The molecule has 9 rings (SSSR count). The Morgan fingerprint density at radius 2 is 2.02 bits per heavy atom. The van der Waals surface area contributed by atoms with Gasteiger partial charge in [-0.1, -0.05) is 30.2 Å². The maximum Gasteiger partial charge on any atom is 0.319 e. The molecule has 0 saturated carbocycles. The highest BCUT2D eigenvalue weighted by Gasteiger charge is 2.49. The van der Waals surface area contributed by atoms with Gasteiger partial charge in [0.2, 0.25) is 0 Å². The number of benzene rings is 3. The van der Waals surface area contributed by atoms with E-state index in [0.717, 1.165) is 19.3 Å². The van der Waals surface area contributed by atoms with Crippen molar-refractivity contribution >= 4 is 44.7 Å². The van der Waals surface area contributed by atoms with E-state index in [9.17, 15) is 13.9 Å². The number of phenols is 1. The van der Waals surface area contributed by atoms with Crippen molar-refractivity contribution in [1.82, 2.24) is 20.2 Å². The zero-order valence-electron chi connectivity index (χ0n) is 26.9. The Hall–Kier alpha value is -4.37. The van der Waals surface area contributed by atoms with Gasteiger partial charge in [-0.3, -0.25) is 4.90 Å². The van der Waals surface area contributed by atoms with Gasteiger partial charge in [-0.2, -0.15) is 18.7 Å². The summed E-state index contributed by atoms with van der Waals surface area (Å²) < 4.78 is 66.3. The lowest BCUT2D eigenvalue weighted by Crippen LogP contribution is -2.58. The first-order valence-corrected chi connectivity index (χ1v) is 17.2. The zero-order valence-corrected chi connectivity index (χ0v) is 27.7. The number of rotatable bonds is 4. The Bertz CT molecular complexity index is 2250. The quantitative estimate of drug-likeness (QED) is 0.168. The minimum absolute atomic E-state index is 0.0228. The lowest BCUT2D eigenvalue weighted by atomic mass is 9.89. The molecule has 0 aliphatic carbocycles. The highest BCUT2D eigenvalue weighted by Crippen LogP contribution is 2.51. The molecule has 4 aromatic rings. The first-order valence-electron chi connectivity index (χ1n) is 16.8. The van der Waals surface area contributed by atoms with Crippen molar-refractivity contribution in [1.29, 1.82) is 0 Å². The third-order valence-electron chi connectivity index (χ3n) is 11.5. The first kappa shape index (κ1) is 31.6. The highest BCUT2D eigenvalue weighted by molar-refractivity contribution is 6.37. The van der Waals surface area contributed by atoms with Crippen LogP contribution >= 0.6 is 11.6 Å². The van der Waals surface area contributed by atoms with E-state index >= 15 is 8.78 Å². The van der Waals surface area contributed by atoms with Gasteiger partial charge in [0.25, 0.3) is 6.08 Å². The van der Waals surface area contributed by atoms with Crippen molar-refractivity contribution in [2.75, 3.05) is 31.1 Å². The van der Waals surface area contributed by atoms with Crippen LogP contribution in [0.15, 0.2) is 42.5 Å². The molecule has 6 heterocycles. The van der Waals surface area contributed by atoms with Crippen molar-refractivity contribution in [2.24, 2.45) is 0 Å². The number of hydrogen-bond donors (Lipinski definition) is 2. The molecule has 1 aromatic heterocycles. The molecule has 2 bridgehead atoms. The lowest BCUT2D eigenvalue weighted by molar-refractivity contribution is 0.108. The smallest absolute Gasteiger partial charge is 0.319 e. The van der Waals surface area contributed by atoms with Gasteiger partial charge in [-0.25, -0.2) is 8.78 Å². The van der Waals surface area contributed by atoms with Crippen LogP contribution in [-0.4, -0.2) is 69.9 Å². The summed E-state index contributed by atoms with van der Waals surface area (Å²) in [7, 11) is 0. The second-order valence-corrected chi connectivity index (χ2v) is 14.6. The summed E-state index contributed by atoms with van der Waals surface area (Å²) in [5.74, 6) is 1.16. The molecular weight excluding hydrogens is 670 g/mol. The molecule has 0 spiro atoms. The van der Waals surface area contributed by atoms with Gasteiger partial charge in [0.05, 0.1) is 21.5 Å². The number of terminal acetylenes is 1. The van der Waals surface area contributed by atoms with Crippen molar-refractivity contribution in [3.05, 3.63) is 70.3 Å². The normalized spacial score (nSPS) is 25.6. The predicted octanol–water partition coefficient (Wildman–Crippen LogP) is 7.56. The van der Waals surface area contributed by atoms with E-state index in [1.54, 1.807) is 0 Å². The molecule has 5 aliphatic heterocycles. The standard InChI is InChI=1S/C38H32ClF4N5O2/c1-3-23-25(40)7-5-19-12-22(49)13-24(29(19)23)30-32(39)28-18(2)11-27-26-8-6-21(44-26)16-48(27)36-31(28)34(33(30)41)45-37(46-36)50-17-38-9-4-10-47(38)15-20(14-38)35(42)43/h1,5,7,12-13,21,26-27,44,49H,2,4,6,8-11,14-17H2/t21-,26+,27-,38+/m1/s1. The maximum atomic E-state index is 17.4. The highest BCUT2D eigenvalue weighted by atomic mass is 35.5. The van der Waals surface area contributed by atoms with E-state index < -0.39 is 23.3 Å². The molecule has 256 valence electrons. The van der Waals surface area contributed by atoms with Gasteiger partial charge in [0.1, 0.15) is 29.5 Å². The minimum atomic E-state index is -1.66. The number of hydrogen-bond acceptors (Lipinski definition) is 7. The number of anilines is 1. The van der Waals surface area contributed by atoms with Crippen LogP contribution in [0.1, 0.15) is 49.7 Å². The van der Waals surface area contributed by atoms with Crippen LogP contribution < -0.4 is 15.0 Å². The molecule has 7 nitrogen and oxygen atoms in total. The maximum absolute atomic E-state index is 17.4. The topological polar surface area (TPSA) is 73.8 Å². The number of aromatic nitrogens is 2. The van der Waals surface area contributed by atoms with E-state index in [-0.39, 0.29) is 87.6 Å². The molecule has 50 heavy (non-hydrogen) atoms. The fourth-order valence-corrected chi connectivity index (χ4v) is 9.69. The lowest BCUT2D eigenvalue weighted by Gasteiger charge is -2.41. The van der Waals surface area contributed by atoms with Crippen LogP contribution in [0, 0.1) is 24.0 Å². The van der Waals surface area contributed by atoms with Crippen molar-refractivity contribution < 1.29 is 27.4 Å². The number of phenolic OH excluding ortho intramolecular Hbond substituents is 1. The van der Waals surface area contributed by atoms with E-state index in [4.69, 9.17) is 27.7 Å². The second-order valence-electron chi connectivity index (χ2n) is 14.2. The predicted molar refractivity (Wildman–Crippen MR) is 185 cm³/mol. The summed E-state index contributed by atoms with van der Waals surface area (Å²) in [4.78, 5) is 13.8. The zero-order chi connectivity index (χ0) is 34.6. The van der Waals surface area contributed by atoms with Crippen LogP contribution in [-0.2, 0) is 0 Å². The monoisotopic (exact) mass is 701 g/mol. The van der Waals surface area contributed by atoms with Gasteiger partial charge in [0.15, 0.2) is 5.82 Å². The molecule has 4 atom stereocenters. The van der Waals surface area contributed by atoms with Gasteiger partial charge < -0.3 is 20.1 Å². The third-order valence-corrected chi connectivity index (χ3v) is 11.9. The largest absolute Gasteiger partial charge is 0.508 e. The molecule has 2 N–H and O–H groups in total. The van der Waals surface area contributed by atoms with Crippen LogP contribution in [0.3, 0.4) is 0 Å². The van der Waals surface area contributed by atoms with Gasteiger partial charge in [-0.15, -0.1) is 6.42 Å². The Labute approximate surface area is 290 Å². The molecule has 5 aliphatic rings. The summed E-state index contributed by atoms with van der Waals surface area (Å²) in [6, 6.07) is 5.61. The van der Waals surface area contributed by atoms with Crippen molar-refractivity contribution in [3.8, 4) is 35.2 Å². The number of aromatic hydroxyl groups is 1. The Morgan fingerprint density at radius 1 is 1.18 bits per heavy atom. The van der Waals surface area contributed by atoms with Crippen LogP contribution in [0.5, 0.6) is 11.8 Å². The number of nitrogens with zero attached hydrogens (tertiary/aromatic N) is 4. The summed E-state index contributed by atoms with van der Waals surface area (Å²) in [6.45, 7) is 5.95. The molecule has 3 aromatic carbocycles. The average molecular weight is 702 g/mol. The average Bonchev–Trinajstić information content (AvgIpc) is 3.75. The van der Waals surface area contributed by atoms with E-state index in [0.29, 0.717) is 53.7 Å². The van der Waals surface area contributed by atoms with Gasteiger partial charge >= 0.3 is 6.01 Å². The molecule has 4 saturated heterocycles. The fraction of sp³-hybridized carbons (Fsp3) is 0.368. The van der Waals surface area contributed by atoms with E-state index in [2.05, 4.69) is 27.7 Å². The van der Waals surface area contributed by atoms with Gasteiger partial charge in [0, 0.05) is 53.3 Å². The first-order chi connectivity index (χ1) is 24.1. The fourth-order valence-electron chi connectivity index (χ4n) is 9.27. The molecular formula is C38H32ClF4N5O2. The number of ether oxygens (including phenoxy) is 1. The number of piperazine rings is 1. The number of halogens is 5. The minimum Gasteiger partial charge on any atom is -0.508 e. The molecule has 4 fully saturated rings. The number of nitrogens with one attached hydrogen (secondary N) is 1. The SMILES string of the molecule is C#Cc1c(F)ccc2cc(O)cc(-c3c(Cl)c4c5c(nc(OC[C@@]67CCCN6CC(=C(F)F)C7)nc5c3F)N3C[C@H]5CC[C@H](N5)[C@H]3CC4=C)c12. The van der Waals surface area contributed by atoms with E-state index in [1.807, 2.05) is 4.90 Å². The van der Waals surface area contributed by atoms with Crippen LogP contribution in [0.4, 0.5) is 23.4 Å². The van der Waals surface area contributed by atoms with Crippen LogP contribution in [0.25, 0.3) is 38.4 Å². The summed E-state index contributed by atoms with van der Waals surface area (Å²) >= 11 is 7.23. The molecule has 0 amide bonds. The summed E-state index contributed by atoms with van der Waals surface area (Å²) in [6.07, 6.45) is 8.25. The number of fused-ring (bicyclic) bond motifs is 7. The third kappa shape index (κ3) is 4.58. The second kappa shape index (κ2) is 11.3. The summed E-state index contributed by atoms with van der Waals surface area (Å²) in [5, 5.41) is 15.5. The molecule has 0 radical (unpaired) electrons. The summed E-state index contributed by atoms with van der Waals surface area (Å²) in [5.41, 5.74) is 0.401. The van der Waals surface area contributed by atoms with E-state index in [1.165, 1.54) is 24.3 Å². The van der Waals surface area contributed by atoms with Crippen molar-refractivity contribution in [3.63, 3.8) is 0 Å². The Kier molecular flexibility index (Phi) is 7.15. The van der Waals surface area contributed by atoms with Crippen LogP contribution in [0.2, 0.25) is 5.02 Å². The Balaban J connectivity index is 1.28. The van der Waals surface area contributed by atoms with Gasteiger partial charge in [-0.05, 0) is 79.8 Å². The van der Waals surface area contributed by atoms with Crippen molar-refractivity contribution in [2.45, 2.75) is 62.2 Å². The molecule has 12 heteroatoms. The Morgan fingerprint density at radius 3 is 2.82 bits per heavy atom.